The van der Waals surface area contributed by atoms with E-state index in [4.69, 9.17) is 0 Å². The first kappa shape index (κ1) is 22.0. The van der Waals surface area contributed by atoms with Crippen molar-refractivity contribution < 1.29 is 9.90 Å². The molecule has 5 aromatic rings. The van der Waals surface area contributed by atoms with E-state index in [-0.39, 0.29) is 5.78 Å². The number of aliphatic hydroxyl groups excluding tert-OH is 1. The summed E-state index contributed by atoms with van der Waals surface area (Å²) in [5.74, 6) is -0.139. The normalized spacial score (nSPS) is 15.7. The maximum atomic E-state index is 13.2. The quantitative estimate of drug-likeness (QED) is 0.267. The number of thiophene rings is 1. The smallest absolute Gasteiger partial charge is 0.192 e. The van der Waals surface area contributed by atoms with Crippen molar-refractivity contribution in [3.8, 4) is 6.07 Å². The third-order valence-corrected chi connectivity index (χ3v) is 7.41. The molecule has 5 heteroatoms. The third-order valence-electron chi connectivity index (χ3n) is 6.39. The van der Waals surface area contributed by atoms with Crippen molar-refractivity contribution in [2.45, 2.75) is 6.10 Å². The Balaban J connectivity index is 1.39. The van der Waals surface area contributed by atoms with Gasteiger partial charge in [-0.1, -0.05) is 48.5 Å². The lowest BCUT2D eigenvalue weighted by atomic mass is 10.0. The van der Waals surface area contributed by atoms with Crippen molar-refractivity contribution in [2.75, 3.05) is 4.90 Å². The van der Waals surface area contributed by atoms with Crippen molar-refractivity contribution >= 4 is 50.3 Å². The van der Waals surface area contributed by atoms with Crippen LogP contribution >= 0.6 is 11.3 Å². The minimum Gasteiger partial charge on any atom is -0.383 e. The van der Waals surface area contributed by atoms with Crippen LogP contribution in [0.2, 0.25) is 0 Å². The summed E-state index contributed by atoms with van der Waals surface area (Å²) in [6.45, 7) is 0. The fraction of sp³-hybridized carbons (Fsp3) is 0.0323. The lowest BCUT2D eigenvalue weighted by Gasteiger charge is -2.23. The number of rotatable bonds is 4. The molecule has 0 radical (unpaired) electrons. The van der Waals surface area contributed by atoms with Gasteiger partial charge < -0.3 is 10.0 Å². The summed E-state index contributed by atoms with van der Waals surface area (Å²) in [5.41, 5.74) is 4.01. The van der Waals surface area contributed by atoms with E-state index in [2.05, 4.69) is 11.0 Å². The standard InChI is InChI=1S/C31H20N2O2S/c32-19-20-7-6-12-24(15-20)33(23-10-2-1-3-11-23)29-14-13-25(36-29)18-28-30(34)26-16-21-8-4-5-9-22(21)17-27(26)31(28)35/h1-18,30,34H/b28-18-. The molecule has 6 rings (SSSR count). The topological polar surface area (TPSA) is 64.3 Å². The van der Waals surface area contributed by atoms with Crippen LogP contribution in [0.3, 0.4) is 0 Å². The fourth-order valence-corrected chi connectivity index (χ4v) is 5.66. The molecule has 4 aromatic carbocycles. The van der Waals surface area contributed by atoms with Gasteiger partial charge in [0.1, 0.15) is 11.1 Å². The lowest BCUT2D eigenvalue weighted by molar-refractivity contribution is 0.102. The maximum absolute atomic E-state index is 13.2. The first-order valence-corrected chi connectivity index (χ1v) is 12.4. The highest BCUT2D eigenvalue weighted by molar-refractivity contribution is 7.17. The molecule has 36 heavy (non-hydrogen) atoms. The van der Waals surface area contributed by atoms with Crippen LogP contribution in [0.25, 0.3) is 16.8 Å². The number of aliphatic hydroxyl groups is 1. The van der Waals surface area contributed by atoms with Gasteiger partial charge in [0.2, 0.25) is 0 Å². The molecule has 0 saturated carbocycles. The first-order chi connectivity index (χ1) is 17.6. The molecule has 0 aliphatic heterocycles. The lowest BCUT2D eigenvalue weighted by Crippen LogP contribution is -2.08. The summed E-state index contributed by atoms with van der Waals surface area (Å²) < 4.78 is 0. The van der Waals surface area contributed by atoms with E-state index in [9.17, 15) is 15.2 Å². The Morgan fingerprint density at radius 2 is 1.56 bits per heavy atom. The predicted molar refractivity (Wildman–Crippen MR) is 145 cm³/mol. The van der Waals surface area contributed by atoms with Crippen LogP contribution in [0.4, 0.5) is 16.4 Å². The zero-order chi connectivity index (χ0) is 24.6. The van der Waals surface area contributed by atoms with Gasteiger partial charge in [0, 0.05) is 27.4 Å². The van der Waals surface area contributed by atoms with Gasteiger partial charge in [-0.15, -0.1) is 11.3 Å². The van der Waals surface area contributed by atoms with Gasteiger partial charge in [-0.3, -0.25) is 4.79 Å². The van der Waals surface area contributed by atoms with Crippen molar-refractivity contribution in [2.24, 2.45) is 0 Å². The van der Waals surface area contributed by atoms with Gasteiger partial charge in [-0.2, -0.15) is 5.26 Å². The highest BCUT2D eigenvalue weighted by Crippen LogP contribution is 2.42. The molecule has 0 bridgehead atoms. The molecule has 1 heterocycles. The number of carbonyl (C=O) groups is 1. The molecule has 1 aromatic heterocycles. The number of Topliss-reactive ketones (excluding diaryl/α,β-unsaturated/α-hetero) is 1. The van der Waals surface area contributed by atoms with E-state index in [1.165, 1.54) is 11.3 Å². The monoisotopic (exact) mass is 484 g/mol. The Morgan fingerprint density at radius 1 is 0.833 bits per heavy atom. The van der Waals surface area contributed by atoms with Crippen LogP contribution in [0, 0.1) is 11.3 Å². The zero-order valence-corrected chi connectivity index (χ0v) is 19.9. The molecular weight excluding hydrogens is 464 g/mol. The number of ketones is 1. The van der Waals surface area contributed by atoms with Crippen LogP contribution < -0.4 is 4.90 Å². The van der Waals surface area contributed by atoms with Crippen molar-refractivity contribution in [3.05, 3.63) is 130 Å². The van der Waals surface area contributed by atoms with E-state index in [1.807, 2.05) is 97.1 Å². The third kappa shape index (κ3) is 3.79. The SMILES string of the molecule is N#Cc1cccc(N(c2ccccc2)c2ccc(/C=C3\C(=O)c4cc5ccccc5cc4C3O)s2)c1. The van der Waals surface area contributed by atoms with Crippen LogP contribution in [-0.2, 0) is 0 Å². The molecule has 1 aliphatic carbocycles. The van der Waals surface area contributed by atoms with E-state index in [0.717, 1.165) is 32.0 Å². The summed E-state index contributed by atoms with van der Waals surface area (Å²) >= 11 is 1.52. The summed E-state index contributed by atoms with van der Waals surface area (Å²) in [5, 5.41) is 23.4. The molecule has 0 spiro atoms. The number of carbonyl (C=O) groups excluding carboxylic acids is 1. The average molecular weight is 485 g/mol. The van der Waals surface area contributed by atoms with Gasteiger partial charge in [-0.05, 0) is 77.0 Å². The Kier molecular flexibility index (Phi) is 5.46. The summed E-state index contributed by atoms with van der Waals surface area (Å²) in [6, 6.07) is 35.2. The van der Waals surface area contributed by atoms with Crippen molar-refractivity contribution in [3.63, 3.8) is 0 Å². The minimum atomic E-state index is -0.958. The Bertz CT molecular complexity index is 1700. The van der Waals surface area contributed by atoms with Gasteiger partial charge >= 0.3 is 0 Å². The Morgan fingerprint density at radius 3 is 2.33 bits per heavy atom. The molecular formula is C31H20N2O2S. The highest BCUT2D eigenvalue weighted by atomic mass is 32.1. The number of hydrogen-bond donors (Lipinski definition) is 1. The second-order valence-corrected chi connectivity index (χ2v) is 9.72. The minimum absolute atomic E-state index is 0.139. The van der Waals surface area contributed by atoms with Gasteiger partial charge in [0.25, 0.3) is 0 Å². The number of hydrogen-bond acceptors (Lipinski definition) is 5. The number of benzene rings is 4. The number of nitrogens with zero attached hydrogens (tertiary/aromatic N) is 2. The number of para-hydroxylation sites is 1. The summed E-state index contributed by atoms with van der Waals surface area (Å²) in [4.78, 5) is 16.2. The molecule has 0 fully saturated rings. The molecule has 0 saturated heterocycles. The number of fused-ring (bicyclic) bond motifs is 2. The van der Waals surface area contributed by atoms with Crippen LogP contribution in [0.5, 0.6) is 0 Å². The number of nitriles is 1. The molecule has 1 atom stereocenters. The number of anilines is 3. The Hall–Kier alpha value is -4.50. The predicted octanol–water partition coefficient (Wildman–Crippen LogP) is 7.56. The van der Waals surface area contributed by atoms with Crippen molar-refractivity contribution in [1.29, 1.82) is 5.26 Å². The molecule has 172 valence electrons. The van der Waals surface area contributed by atoms with Crippen LogP contribution in [0.1, 0.15) is 32.5 Å². The van der Waals surface area contributed by atoms with E-state index < -0.39 is 6.10 Å². The largest absolute Gasteiger partial charge is 0.383 e. The summed E-state index contributed by atoms with van der Waals surface area (Å²) in [6.07, 6.45) is 0.834. The first-order valence-electron chi connectivity index (χ1n) is 11.5. The van der Waals surface area contributed by atoms with Gasteiger partial charge in [0.15, 0.2) is 5.78 Å². The van der Waals surface area contributed by atoms with E-state index in [0.29, 0.717) is 22.3 Å². The molecule has 1 unspecified atom stereocenters. The molecule has 1 aliphatic rings. The van der Waals surface area contributed by atoms with E-state index in [1.54, 1.807) is 12.1 Å². The second-order valence-electron chi connectivity index (χ2n) is 8.63. The van der Waals surface area contributed by atoms with Gasteiger partial charge in [-0.25, -0.2) is 0 Å². The van der Waals surface area contributed by atoms with E-state index >= 15 is 0 Å². The fourth-order valence-electron chi connectivity index (χ4n) is 4.66. The van der Waals surface area contributed by atoms with Gasteiger partial charge in [0.05, 0.1) is 11.6 Å². The average Bonchev–Trinajstić information content (AvgIpc) is 3.47. The van der Waals surface area contributed by atoms with Crippen molar-refractivity contribution in [1.82, 2.24) is 0 Å². The summed E-state index contributed by atoms with van der Waals surface area (Å²) in [7, 11) is 0. The highest BCUT2D eigenvalue weighted by Gasteiger charge is 2.33. The molecule has 4 nitrogen and oxygen atoms in total. The Labute approximate surface area is 212 Å². The maximum Gasteiger partial charge on any atom is 0.192 e. The van der Waals surface area contributed by atoms with Crippen LogP contribution in [0.15, 0.2) is 109 Å². The zero-order valence-electron chi connectivity index (χ0n) is 19.1. The molecule has 0 amide bonds. The molecule has 1 N–H and O–H groups in total. The van der Waals surface area contributed by atoms with Crippen LogP contribution in [-0.4, -0.2) is 10.9 Å². The second kappa shape index (κ2) is 8.94.